The van der Waals surface area contributed by atoms with Gasteiger partial charge in [0.15, 0.2) is 17.1 Å². The Hall–Kier alpha value is -1.56. The summed E-state index contributed by atoms with van der Waals surface area (Å²) >= 11 is 0. The molecule has 1 aromatic carbocycles. The minimum atomic E-state index is -2.12. The van der Waals surface area contributed by atoms with E-state index < -0.39 is 25.6 Å². The standard InChI is InChI=1S/C11H15F2NO3/c1-16-10-4-8(14)2-3-9(10)17-7-11(15,5-12)6-13/h2-4,15H,5-7,14H2,1H3. The number of alkyl halides is 2. The highest BCUT2D eigenvalue weighted by atomic mass is 19.1. The first-order chi connectivity index (χ1) is 8.04. The Morgan fingerprint density at radius 2 is 1.94 bits per heavy atom. The summed E-state index contributed by atoms with van der Waals surface area (Å²) in [5.74, 6) is 0.604. The molecule has 0 heterocycles. The van der Waals surface area contributed by atoms with Crippen molar-refractivity contribution >= 4 is 5.69 Å². The van der Waals surface area contributed by atoms with Crippen molar-refractivity contribution in [3.8, 4) is 11.5 Å². The van der Waals surface area contributed by atoms with Gasteiger partial charge in [0.25, 0.3) is 0 Å². The Morgan fingerprint density at radius 3 is 2.47 bits per heavy atom. The molecule has 0 aliphatic heterocycles. The third-order valence-corrected chi connectivity index (χ3v) is 2.18. The first-order valence-electron chi connectivity index (χ1n) is 4.95. The average molecular weight is 247 g/mol. The van der Waals surface area contributed by atoms with Gasteiger partial charge >= 0.3 is 0 Å². The fourth-order valence-electron chi connectivity index (χ4n) is 1.13. The summed E-state index contributed by atoms with van der Waals surface area (Å²) in [6.45, 7) is -2.94. The van der Waals surface area contributed by atoms with Gasteiger partial charge < -0.3 is 20.3 Å². The van der Waals surface area contributed by atoms with Gasteiger partial charge in [0.1, 0.15) is 20.0 Å². The predicted octanol–water partition coefficient (Wildman–Crippen LogP) is 1.33. The van der Waals surface area contributed by atoms with Gasteiger partial charge in [-0.05, 0) is 12.1 Å². The van der Waals surface area contributed by atoms with E-state index in [9.17, 15) is 13.9 Å². The van der Waals surface area contributed by atoms with Gasteiger partial charge in [-0.25, -0.2) is 8.78 Å². The van der Waals surface area contributed by atoms with Crippen molar-refractivity contribution in [2.45, 2.75) is 5.60 Å². The Kier molecular flexibility index (Phi) is 4.51. The molecule has 1 rings (SSSR count). The highest BCUT2D eigenvalue weighted by Crippen LogP contribution is 2.29. The van der Waals surface area contributed by atoms with Crippen molar-refractivity contribution in [1.82, 2.24) is 0 Å². The molecule has 0 amide bonds. The number of hydrogen-bond acceptors (Lipinski definition) is 4. The summed E-state index contributed by atoms with van der Waals surface area (Å²) in [5.41, 5.74) is 3.89. The lowest BCUT2D eigenvalue weighted by atomic mass is 10.1. The Labute approximate surface area is 97.9 Å². The number of rotatable bonds is 6. The van der Waals surface area contributed by atoms with Crippen LogP contribution in [0.15, 0.2) is 18.2 Å². The number of benzene rings is 1. The molecule has 0 aliphatic rings. The Bertz CT molecular complexity index is 370. The molecular formula is C11H15F2NO3. The largest absolute Gasteiger partial charge is 0.493 e. The van der Waals surface area contributed by atoms with E-state index >= 15 is 0 Å². The molecule has 0 atom stereocenters. The molecule has 0 unspecified atom stereocenters. The second kappa shape index (κ2) is 5.67. The maximum absolute atomic E-state index is 12.4. The van der Waals surface area contributed by atoms with Crippen molar-refractivity contribution in [3.05, 3.63) is 18.2 Å². The van der Waals surface area contributed by atoms with Crippen molar-refractivity contribution in [2.24, 2.45) is 0 Å². The van der Waals surface area contributed by atoms with Crippen LogP contribution in [0.5, 0.6) is 11.5 Å². The van der Waals surface area contributed by atoms with E-state index in [-0.39, 0.29) is 5.75 Å². The average Bonchev–Trinajstić information content (AvgIpc) is 2.36. The molecule has 1 aromatic rings. The maximum Gasteiger partial charge on any atom is 0.162 e. The van der Waals surface area contributed by atoms with Crippen LogP contribution in [0.25, 0.3) is 0 Å². The van der Waals surface area contributed by atoms with E-state index in [0.29, 0.717) is 11.4 Å². The molecule has 0 saturated carbocycles. The lowest BCUT2D eigenvalue weighted by molar-refractivity contribution is -0.0415. The normalized spacial score (nSPS) is 11.3. The zero-order valence-corrected chi connectivity index (χ0v) is 9.45. The van der Waals surface area contributed by atoms with Crippen LogP contribution in [0.2, 0.25) is 0 Å². The second-order valence-electron chi connectivity index (χ2n) is 3.69. The topological polar surface area (TPSA) is 64.7 Å². The first kappa shape index (κ1) is 13.5. The summed E-state index contributed by atoms with van der Waals surface area (Å²) in [7, 11) is 1.41. The van der Waals surface area contributed by atoms with Gasteiger partial charge in [-0.15, -0.1) is 0 Å². The van der Waals surface area contributed by atoms with E-state index in [0.717, 1.165) is 0 Å². The Morgan fingerprint density at radius 1 is 1.29 bits per heavy atom. The predicted molar refractivity (Wildman–Crippen MR) is 59.8 cm³/mol. The van der Waals surface area contributed by atoms with Crippen molar-refractivity contribution < 1.29 is 23.4 Å². The second-order valence-corrected chi connectivity index (χ2v) is 3.69. The van der Waals surface area contributed by atoms with E-state index in [4.69, 9.17) is 15.2 Å². The maximum atomic E-state index is 12.4. The quantitative estimate of drug-likeness (QED) is 0.744. The van der Waals surface area contributed by atoms with Gasteiger partial charge in [0.05, 0.1) is 7.11 Å². The number of nitrogen functional groups attached to an aromatic ring is 1. The summed E-state index contributed by atoms with van der Waals surface area (Å²) < 4.78 is 34.8. The number of aliphatic hydroxyl groups is 1. The lowest BCUT2D eigenvalue weighted by Gasteiger charge is -2.22. The molecule has 17 heavy (non-hydrogen) atoms. The summed E-state index contributed by atoms with van der Waals surface area (Å²) in [5, 5.41) is 9.37. The van der Waals surface area contributed by atoms with Gasteiger partial charge in [0, 0.05) is 11.8 Å². The number of nitrogens with two attached hydrogens (primary N) is 1. The number of hydrogen-bond donors (Lipinski definition) is 2. The van der Waals surface area contributed by atoms with Gasteiger partial charge in [-0.1, -0.05) is 0 Å². The van der Waals surface area contributed by atoms with E-state index in [1.54, 1.807) is 6.07 Å². The monoisotopic (exact) mass is 247 g/mol. The number of halogens is 2. The van der Waals surface area contributed by atoms with Crippen LogP contribution in [0.1, 0.15) is 0 Å². The van der Waals surface area contributed by atoms with Crippen molar-refractivity contribution in [3.63, 3.8) is 0 Å². The van der Waals surface area contributed by atoms with E-state index in [2.05, 4.69) is 0 Å². The molecule has 0 saturated heterocycles. The molecular weight excluding hydrogens is 232 g/mol. The van der Waals surface area contributed by atoms with E-state index in [1.165, 1.54) is 19.2 Å². The fourth-order valence-corrected chi connectivity index (χ4v) is 1.13. The number of ether oxygens (including phenoxy) is 2. The molecule has 3 N–H and O–H groups in total. The van der Waals surface area contributed by atoms with Crippen molar-refractivity contribution in [1.29, 1.82) is 0 Å². The fraction of sp³-hybridized carbons (Fsp3) is 0.455. The highest BCUT2D eigenvalue weighted by Gasteiger charge is 2.28. The Balaban J connectivity index is 2.75. The number of anilines is 1. The SMILES string of the molecule is COc1cc(N)ccc1OCC(O)(CF)CF. The van der Waals surface area contributed by atoms with Crippen LogP contribution in [0.4, 0.5) is 14.5 Å². The van der Waals surface area contributed by atoms with Crippen LogP contribution >= 0.6 is 0 Å². The molecule has 0 spiro atoms. The smallest absolute Gasteiger partial charge is 0.162 e. The molecule has 96 valence electrons. The van der Waals surface area contributed by atoms with Gasteiger partial charge in [-0.3, -0.25) is 0 Å². The van der Waals surface area contributed by atoms with E-state index in [1.807, 2.05) is 0 Å². The molecule has 0 fully saturated rings. The summed E-state index contributed by atoms with van der Waals surface area (Å²) in [6, 6.07) is 4.58. The molecule has 6 heteroatoms. The van der Waals surface area contributed by atoms with Crippen LogP contribution in [-0.2, 0) is 0 Å². The summed E-state index contributed by atoms with van der Waals surface area (Å²) in [6.07, 6.45) is 0. The lowest BCUT2D eigenvalue weighted by Crippen LogP contribution is -2.40. The van der Waals surface area contributed by atoms with Crippen LogP contribution in [0.3, 0.4) is 0 Å². The summed E-state index contributed by atoms with van der Waals surface area (Å²) in [4.78, 5) is 0. The zero-order chi connectivity index (χ0) is 12.9. The van der Waals surface area contributed by atoms with Crippen LogP contribution in [-0.4, -0.2) is 37.8 Å². The molecule has 0 aromatic heterocycles. The van der Waals surface area contributed by atoms with Crippen LogP contribution < -0.4 is 15.2 Å². The number of methoxy groups -OCH3 is 1. The minimum absolute atomic E-state index is 0.266. The van der Waals surface area contributed by atoms with Gasteiger partial charge in [0.2, 0.25) is 0 Å². The first-order valence-corrected chi connectivity index (χ1v) is 4.95. The molecule has 0 radical (unpaired) electrons. The molecule has 0 bridgehead atoms. The van der Waals surface area contributed by atoms with Crippen LogP contribution in [0, 0.1) is 0 Å². The minimum Gasteiger partial charge on any atom is -0.493 e. The van der Waals surface area contributed by atoms with Gasteiger partial charge in [-0.2, -0.15) is 0 Å². The molecule has 4 nitrogen and oxygen atoms in total. The molecule has 0 aliphatic carbocycles. The highest BCUT2D eigenvalue weighted by molar-refractivity contribution is 5.51. The third kappa shape index (κ3) is 3.45. The van der Waals surface area contributed by atoms with Crippen molar-refractivity contribution in [2.75, 3.05) is 32.8 Å². The third-order valence-electron chi connectivity index (χ3n) is 2.18. The zero-order valence-electron chi connectivity index (χ0n) is 9.45.